The normalized spacial score (nSPS) is 19.6. The molecule has 1 aliphatic rings. The van der Waals surface area contributed by atoms with Crippen molar-refractivity contribution >= 4 is 0 Å². The standard InChI is InChI=1S/C12H11F3N2O/c13-12(14,15)10-5-8(6-16)1-2-11(10)18-9-3-4-17-7-9/h1-2,5,9,17H,3-4,7H2/t9-/m1/s1. The van der Waals surface area contributed by atoms with Gasteiger partial charge in [0.1, 0.15) is 11.9 Å². The van der Waals surface area contributed by atoms with E-state index in [1.807, 2.05) is 0 Å². The van der Waals surface area contributed by atoms with Crippen LogP contribution in [-0.4, -0.2) is 19.2 Å². The average Bonchev–Trinajstić information content (AvgIpc) is 2.81. The summed E-state index contributed by atoms with van der Waals surface area (Å²) in [5, 5.41) is 11.6. The Morgan fingerprint density at radius 2 is 2.17 bits per heavy atom. The third-order valence-corrected chi connectivity index (χ3v) is 2.72. The number of benzene rings is 1. The SMILES string of the molecule is N#Cc1ccc(O[C@@H]2CCNC2)c(C(F)(F)F)c1. The first-order chi connectivity index (χ1) is 8.50. The number of halogens is 3. The van der Waals surface area contributed by atoms with Gasteiger partial charge in [-0.05, 0) is 31.2 Å². The Balaban J connectivity index is 2.30. The van der Waals surface area contributed by atoms with Crippen molar-refractivity contribution in [3.05, 3.63) is 29.3 Å². The molecule has 0 radical (unpaired) electrons. The Morgan fingerprint density at radius 1 is 1.39 bits per heavy atom. The monoisotopic (exact) mass is 256 g/mol. The number of hydrogen-bond donors (Lipinski definition) is 1. The van der Waals surface area contributed by atoms with E-state index in [1.165, 1.54) is 12.1 Å². The van der Waals surface area contributed by atoms with Gasteiger partial charge in [-0.2, -0.15) is 18.4 Å². The summed E-state index contributed by atoms with van der Waals surface area (Å²) in [6, 6.07) is 5.04. The van der Waals surface area contributed by atoms with Crippen molar-refractivity contribution in [1.29, 1.82) is 5.26 Å². The second kappa shape index (κ2) is 4.86. The highest BCUT2D eigenvalue weighted by atomic mass is 19.4. The summed E-state index contributed by atoms with van der Waals surface area (Å²) in [5.41, 5.74) is -0.923. The second-order valence-electron chi connectivity index (χ2n) is 4.05. The molecule has 0 saturated carbocycles. The summed E-state index contributed by atoms with van der Waals surface area (Å²) < 4.78 is 43.8. The summed E-state index contributed by atoms with van der Waals surface area (Å²) in [6.07, 6.45) is -4.09. The maximum Gasteiger partial charge on any atom is 0.420 e. The molecular formula is C12H11F3N2O. The molecule has 1 aliphatic heterocycles. The van der Waals surface area contributed by atoms with Crippen molar-refractivity contribution in [2.75, 3.05) is 13.1 Å². The minimum atomic E-state index is -4.52. The molecule has 1 aromatic carbocycles. The molecule has 1 fully saturated rings. The number of alkyl halides is 3. The molecule has 18 heavy (non-hydrogen) atoms. The van der Waals surface area contributed by atoms with Crippen molar-refractivity contribution in [2.24, 2.45) is 0 Å². The van der Waals surface area contributed by atoms with Crippen molar-refractivity contribution in [2.45, 2.75) is 18.7 Å². The number of rotatable bonds is 2. The average molecular weight is 256 g/mol. The summed E-state index contributed by atoms with van der Waals surface area (Å²) in [7, 11) is 0. The molecular weight excluding hydrogens is 245 g/mol. The van der Waals surface area contributed by atoms with Gasteiger partial charge in [-0.15, -0.1) is 0 Å². The first-order valence-electron chi connectivity index (χ1n) is 5.49. The van der Waals surface area contributed by atoms with Crippen LogP contribution < -0.4 is 10.1 Å². The zero-order chi connectivity index (χ0) is 13.2. The predicted octanol–water partition coefficient (Wildman–Crippen LogP) is 2.32. The van der Waals surface area contributed by atoms with Crippen molar-refractivity contribution < 1.29 is 17.9 Å². The molecule has 6 heteroatoms. The molecule has 1 aromatic rings. The van der Waals surface area contributed by atoms with Gasteiger partial charge in [0, 0.05) is 6.54 Å². The smallest absolute Gasteiger partial charge is 0.420 e. The summed E-state index contributed by atoms with van der Waals surface area (Å²) in [6.45, 7) is 1.28. The van der Waals surface area contributed by atoms with E-state index < -0.39 is 11.7 Å². The van der Waals surface area contributed by atoms with E-state index in [4.69, 9.17) is 10.00 Å². The fourth-order valence-corrected chi connectivity index (χ4v) is 1.83. The summed E-state index contributed by atoms with van der Waals surface area (Å²) in [4.78, 5) is 0. The number of nitrogens with one attached hydrogen (secondary N) is 1. The molecule has 0 spiro atoms. The van der Waals surface area contributed by atoms with Crippen molar-refractivity contribution in [3.63, 3.8) is 0 Å². The van der Waals surface area contributed by atoms with Crippen molar-refractivity contribution in [1.82, 2.24) is 5.32 Å². The van der Waals surface area contributed by atoms with E-state index in [0.717, 1.165) is 12.6 Å². The Morgan fingerprint density at radius 3 is 2.72 bits per heavy atom. The van der Waals surface area contributed by atoms with Gasteiger partial charge in [0.15, 0.2) is 0 Å². The fraction of sp³-hybridized carbons (Fsp3) is 0.417. The lowest BCUT2D eigenvalue weighted by Gasteiger charge is -2.17. The lowest BCUT2D eigenvalue weighted by atomic mass is 10.1. The number of nitriles is 1. The van der Waals surface area contributed by atoms with Gasteiger partial charge in [-0.25, -0.2) is 0 Å². The van der Waals surface area contributed by atoms with Crippen LogP contribution in [0.25, 0.3) is 0 Å². The topological polar surface area (TPSA) is 45.0 Å². The third-order valence-electron chi connectivity index (χ3n) is 2.72. The van der Waals surface area contributed by atoms with Crippen molar-refractivity contribution in [3.8, 4) is 11.8 Å². The summed E-state index contributed by atoms with van der Waals surface area (Å²) >= 11 is 0. The first kappa shape index (κ1) is 12.7. The Hall–Kier alpha value is -1.74. The van der Waals surface area contributed by atoms with Crippen LogP contribution in [0.3, 0.4) is 0 Å². The molecule has 3 nitrogen and oxygen atoms in total. The molecule has 0 unspecified atom stereocenters. The zero-order valence-corrected chi connectivity index (χ0v) is 9.42. The van der Waals surface area contributed by atoms with E-state index in [9.17, 15) is 13.2 Å². The van der Waals surface area contributed by atoms with E-state index in [-0.39, 0.29) is 17.4 Å². The summed E-state index contributed by atoms with van der Waals surface area (Å²) in [5.74, 6) is -0.213. The third kappa shape index (κ3) is 2.74. The van der Waals surface area contributed by atoms with Crippen LogP contribution in [0.15, 0.2) is 18.2 Å². The predicted molar refractivity (Wildman–Crippen MR) is 58.1 cm³/mol. The van der Waals surface area contributed by atoms with Crippen LogP contribution in [0.4, 0.5) is 13.2 Å². The second-order valence-corrected chi connectivity index (χ2v) is 4.05. The van der Waals surface area contributed by atoms with Gasteiger partial charge in [-0.3, -0.25) is 0 Å². The zero-order valence-electron chi connectivity index (χ0n) is 9.42. The van der Waals surface area contributed by atoms with E-state index >= 15 is 0 Å². The molecule has 0 aromatic heterocycles. The van der Waals surface area contributed by atoms with E-state index in [2.05, 4.69) is 5.32 Å². The molecule has 1 atom stereocenters. The molecule has 96 valence electrons. The molecule has 1 N–H and O–H groups in total. The highest BCUT2D eigenvalue weighted by Crippen LogP contribution is 2.37. The van der Waals surface area contributed by atoms with Gasteiger partial charge in [0.2, 0.25) is 0 Å². The van der Waals surface area contributed by atoms with Crippen LogP contribution in [-0.2, 0) is 6.18 Å². The van der Waals surface area contributed by atoms with Gasteiger partial charge in [0.25, 0.3) is 0 Å². The Kier molecular flexibility index (Phi) is 3.43. The fourth-order valence-electron chi connectivity index (χ4n) is 1.83. The maximum atomic E-state index is 12.8. The number of nitrogens with zero attached hydrogens (tertiary/aromatic N) is 1. The number of ether oxygens (including phenoxy) is 1. The molecule has 0 aliphatic carbocycles. The Labute approximate surface area is 102 Å². The van der Waals surface area contributed by atoms with Crippen LogP contribution in [0, 0.1) is 11.3 Å². The van der Waals surface area contributed by atoms with Gasteiger partial charge < -0.3 is 10.1 Å². The highest BCUT2D eigenvalue weighted by molar-refractivity contribution is 5.43. The minimum absolute atomic E-state index is 0.0285. The van der Waals surface area contributed by atoms with Gasteiger partial charge in [-0.1, -0.05) is 0 Å². The largest absolute Gasteiger partial charge is 0.488 e. The molecule has 0 amide bonds. The quantitative estimate of drug-likeness (QED) is 0.883. The van der Waals surface area contributed by atoms with Crippen LogP contribution >= 0.6 is 0 Å². The molecule has 0 bridgehead atoms. The van der Waals surface area contributed by atoms with E-state index in [0.29, 0.717) is 13.0 Å². The molecule has 2 rings (SSSR count). The molecule has 1 heterocycles. The highest BCUT2D eigenvalue weighted by Gasteiger charge is 2.35. The van der Waals surface area contributed by atoms with Crippen LogP contribution in [0.1, 0.15) is 17.5 Å². The Bertz CT molecular complexity index is 473. The van der Waals surface area contributed by atoms with Crippen LogP contribution in [0.2, 0.25) is 0 Å². The first-order valence-corrected chi connectivity index (χ1v) is 5.49. The van der Waals surface area contributed by atoms with E-state index in [1.54, 1.807) is 6.07 Å². The van der Waals surface area contributed by atoms with Gasteiger partial charge >= 0.3 is 6.18 Å². The lowest BCUT2D eigenvalue weighted by Crippen LogP contribution is -2.21. The van der Waals surface area contributed by atoms with Gasteiger partial charge in [0.05, 0.1) is 17.2 Å². The minimum Gasteiger partial charge on any atom is -0.488 e. The lowest BCUT2D eigenvalue weighted by molar-refractivity contribution is -0.139. The van der Waals surface area contributed by atoms with Crippen LogP contribution in [0.5, 0.6) is 5.75 Å². The molecule has 1 saturated heterocycles. The maximum absolute atomic E-state index is 12.8. The number of hydrogen-bond acceptors (Lipinski definition) is 3.